The van der Waals surface area contributed by atoms with Gasteiger partial charge in [-0.05, 0) is 58.0 Å². The highest BCUT2D eigenvalue weighted by Crippen LogP contribution is 2.37. The summed E-state index contributed by atoms with van der Waals surface area (Å²) >= 11 is 6.89. The van der Waals surface area contributed by atoms with Crippen LogP contribution in [0.2, 0.25) is 5.15 Å². The molecule has 0 aliphatic heterocycles. The second-order valence-electron chi connectivity index (χ2n) is 7.15. The third-order valence-electron chi connectivity index (χ3n) is 4.08. The Morgan fingerprint density at radius 1 is 1.40 bits per heavy atom. The second kappa shape index (κ2) is 6.83. The maximum atomic E-state index is 13.9. The summed E-state index contributed by atoms with van der Waals surface area (Å²) in [5, 5.41) is 0.0692. The van der Waals surface area contributed by atoms with Gasteiger partial charge in [-0.1, -0.05) is 11.6 Å². The molecule has 25 heavy (non-hydrogen) atoms. The molecular formula is C17H19ClF3N3S. The Balaban J connectivity index is 2.18. The van der Waals surface area contributed by atoms with Gasteiger partial charge in [0.25, 0.3) is 6.43 Å². The molecule has 2 heterocycles. The minimum atomic E-state index is -2.77. The molecule has 3 rings (SSSR count). The van der Waals surface area contributed by atoms with E-state index in [-0.39, 0.29) is 27.2 Å². The lowest BCUT2D eigenvalue weighted by Crippen LogP contribution is -2.17. The van der Waals surface area contributed by atoms with Gasteiger partial charge in [0.15, 0.2) is 11.0 Å². The van der Waals surface area contributed by atoms with Gasteiger partial charge in [0.1, 0.15) is 11.4 Å². The first-order chi connectivity index (χ1) is 11.7. The molecule has 0 N–H and O–H groups in total. The number of halogens is 4. The van der Waals surface area contributed by atoms with Crippen LogP contribution in [0.4, 0.5) is 13.2 Å². The molecular weight excluding hydrogens is 371 g/mol. The summed E-state index contributed by atoms with van der Waals surface area (Å²) in [4.78, 5) is 4.10. The van der Waals surface area contributed by atoms with E-state index in [1.807, 2.05) is 25.3 Å². The average Bonchev–Trinajstić information content (AvgIpc) is 2.75. The normalized spacial score (nSPS) is 16.7. The molecule has 136 valence electrons. The van der Waals surface area contributed by atoms with Crippen LogP contribution in [0.5, 0.6) is 0 Å². The molecule has 0 unspecified atom stereocenters. The fourth-order valence-corrected chi connectivity index (χ4v) is 3.35. The minimum Gasteiger partial charge on any atom is -0.329 e. The van der Waals surface area contributed by atoms with Crippen LogP contribution in [0.15, 0.2) is 16.7 Å². The van der Waals surface area contributed by atoms with Crippen molar-refractivity contribution in [3.8, 4) is 0 Å². The molecule has 0 saturated heterocycles. The fraction of sp³-hybridized carbons (Fsp3) is 0.529. The molecule has 0 bridgehead atoms. The SMILES string of the molecule is CC(C)(C)S/N=C(\c1cn(C2CCC2)c2nc(Cl)c(F)cc12)C(F)F. The molecule has 2 aromatic rings. The van der Waals surface area contributed by atoms with Crippen molar-refractivity contribution in [3.05, 3.63) is 28.8 Å². The van der Waals surface area contributed by atoms with E-state index < -0.39 is 12.2 Å². The molecule has 0 aromatic carbocycles. The molecule has 1 saturated carbocycles. The Labute approximate surface area is 153 Å². The van der Waals surface area contributed by atoms with Gasteiger partial charge in [-0.25, -0.2) is 22.6 Å². The number of alkyl halides is 2. The molecule has 0 spiro atoms. The standard InChI is InChI=1S/C17H19ClF3N3S/c1-17(2,3)25-23-13(15(20)21)11-8-24(9-5-4-6-9)16-10(11)7-12(19)14(18)22-16/h7-9,15H,4-6H2,1-3H3/b23-13+. The maximum absolute atomic E-state index is 13.9. The van der Waals surface area contributed by atoms with Gasteiger partial charge >= 0.3 is 0 Å². The Morgan fingerprint density at radius 3 is 2.60 bits per heavy atom. The topological polar surface area (TPSA) is 30.2 Å². The summed E-state index contributed by atoms with van der Waals surface area (Å²) in [7, 11) is 0. The Kier molecular flexibility index (Phi) is 5.08. The van der Waals surface area contributed by atoms with Crippen LogP contribution < -0.4 is 0 Å². The zero-order valence-corrected chi connectivity index (χ0v) is 15.8. The Hall–Kier alpha value is -1.21. The van der Waals surface area contributed by atoms with Crippen molar-refractivity contribution in [2.24, 2.45) is 4.40 Å². The highest BCUT2D eigenvalue weighted by atomic mass is 35.5. The zero-order valence-electron chi connectivity index (χ0n) is 14.2. The smallest absolute Gasteiger partial charge is 0.281 e. The average molecular weight is 390 g/mol. The van der Waals surface area contributed by atoms with Gasteiger partial charge in [0.05, 0.1) is 0 Å². The van der Waals surface area contributed by atoms with Crippen molar-refractivity contribution in [2.75, 3.05) is 0 Å². The van der Waals surface area contributed by atoms with Crippen molar-refractivity contribution in [3.63, 3.8) is 0 Å². The van der Waals surface area contributed by atoms with Crippen LogP contribution in [0.1, 0.15) is 51.6 Å². The molecule has 8 heteroatoms. The predicted octanol–water partition coefficient (Wildman–Crippen LogP) is 6.05. The molecule has 0 atom stereocenters. The predicted molar refractivity (Wildman–Crippen MR) is 97.5 cm³/mol. The fourth-order valence-electron chi connectivity index (χ4n) is 2.66. The monoisotopic (exact) mass is 389 g/mol. The number of rotatable bonds is 4. The largest absolute Gasteiger partial charge is 0.329 e. The second-order valence-corrected chi connectivity index (χ2v) is 9.10. The summed E-state index contributed by atoms with van der Waals surface area (Å²) in [5.74, 6) is -0.723. The zero-order chi connectivity index (χ0) is 18.4. The number of hydrogen-bond donors (Lipinski definition) is 0. The molecule has 0 amide bonds. The van der Waals surface area contributed by atoms with Crippen molar-refractivity contribution >= 4 is 40.3 Å². The lowest BCUT2D eigenvalue weighted by molar-refractivity contribution is 0.226. The van der Waals surface area contributed by atoms with E-state index in [1.165, 1.54) is 6.07 Å². The van der Waals surface area contributed by atoms with E-state index in [0.29, 0.717) is 11.0 Å². The number of hydrogen-bond acceptors (Lipinski definition) is 3. The summed E-state index contributed by atoms with van der Waals surface area (Å²) in [5.41, 5.74) is 0.295. The third-order valence-corrected chi connectivity index (χ3v) is 5.19. The van der Waals surface area contributed by atoms with Gasteiger partial charge in [0.2, 0.25) is 0 Å². The summed E-state index contributed by atoms with van der Waals surface area (Å²) in [6.07, 6.45) is 1.81. The number of fused-ring (bicyclic) bond motifs is 1. The van der Waals surface area contributed by atoms with Gasteiger partial charge in [-0.15, -0.1) is 0 Å². The van der Waals surface area contributed by atoms with Gasteiger partial charge in [-0.3, -0.25) is 0 Å². The van der Waals surface area contributed by atoms with Crippen LogP contribution >= 0.6 is 23.5 Å². The Morgan fingerprint density at radius 2 is 2.08 bits per heavy atom. The molecule has 1 fully saturated rings. The van der Waals surface area contributed by atoms with E-state index in [2.05, 4.69) is 9.38 Å². The molecule has 0 radical (unpaired) electrons. The first-order valence-electron chi connectivity index (χ1n) is 8.08. The molecule has 3 nitrogen and oxygen atoms in total. The van der Waals surface area contributed by atoms with E-state index in [0.717, 1.165) is 31.2 Å². The molecule has 1 aliphatic rings. The van der Waals surface area contributed by atoms with Crippen LogP contribution in [-0.2, 0) is 0 Å². The first-order valence-corrected chi connectivity index (χ1v) is 9.23. The van der Waals surface area contributed by atoms with Crippen molar-refractivity contribution in [1.82, 2.24) is 9.55 Å². The number of aromatic nitrogens is 2. The van der Waals surface area contributed by atoms with Crippen LogP contribution in [0, 0.1) is 5.82 Å². The van der Waals surface area contributed by atoms with Gasteiger partial charge in [0, 0.05) is 27.9 Å². The summed E-state index contributed by atoms with van der Waals surface area (Å²) in [6, 6.07) is 1.36. The van der Waals surface area contributed by atoms with E-state index in [1.54, 1.807) is 6.20 Å². The quantitative estimate of drug-likeness (QED) is 0.361. The lowest BCUT2D eigenvalue weighted by atomic mass is 9.93. The van der Waals surface area contributed by atoms with E-state index in [9.17, 15) is 13.2 Å². The van der Waals surface area contributed by atoms with E-state index in [4.69, 9.17) is 11.6 Å². The van der Waals surface area contributed by atoms with E-state index >= 15 is 0 Å². The summed E-state index contributed by atoms with van der Waals surface area (Å²) < 4.78 is 46.9. The van der Waals surface area contributed by atoms with Crippen LogP contribution in [-0.4, -0.2) is 26.4 Å². The maximum Gasteiger partial charge on any atom is 0.281 e. The van der Waals surface area contributed by atoms with Gasteiger partial charge < -0.3 is 4.57 Å². The number of pyridine rings is 1. The van der Waals surface area contributed by atoms with Crippen molar-refractivity contribution in [1.29, 1.82) is 0 Å². The first kappa shape index (κ1) is 18.6. The highest BCUT2D eigenvalue weighted by Gasteiger charge is 2.28. The third kappa shape index (κ3) is 3.82. The van der Waals surface area contributed by atoms with Crippen LogP contribution in [0.25, 0.3) is 11.0 Å². The lowest BCUT2D eigenvalue weighted by Gasteiger charge is -2.27. The Bertz CT molecular complexity index is 823. The highest BCUT2D eigenvalue weighted by molar-refractivity contribution is 7.99. The molecule has 2 aromatic heterocycles. The minimum absolute atomic E-state index is 0.180. The van der Waals surface area contributed by atoms with Crippen molar-refractivity contribution < 1.29 is 13.2 Å². The molecule has 1 aliphatic carbocycles. The number of nitrogens with zero attached hydrogens (tertiary/aromatic N) is 3. The summed E-state index contributed by atoms with van der Waals surface area (Å²) in [6.45, 7) is 5.68. The van der Waals surface area contributed by atoms with Gasteiger partial charge in [-0.2, -0.15) is 0 Å². The van der Waals surface area contributed by atoms with Crippen molar-refractivity contribution in [2.45, 2.75) is 57.2 Å². The van der Waals surface area contributed by atoms with Crippen LogP contribution in [0.3, 0.4) is 0 Å².